The molecule has 2 aromatic rings. The molecule has 1 saturated heterocycles. The maximum Gasteiger partial charge on any atom is 0.226 e. The van der Waals surface area contributed by atoms with Gasteiger partial charge in [-0.1, -0.05) is 36.4 Å². The van der Waals surface area contributed by atoms with E-state index in [0.29, 0.717) is 11.8 Å². The molecule has 0 bridgehead atoms. The number of hydrogen-bond donors (Lipinski definition) is 0. The fourth-order valence-corrected chi connectivity index (χ4v) is 4.00. The Bertz CT molecular complexity index is 759. The lowest BCUT2D eigenvalue weighted by atomic mass is 9.89. The van der Waals surface area contributed by atoms with Gasteiger partial charge in [0.2, 0.25) is 5.91 Å². The number of carbonyl (C=O) groups is 1. The molecule has 3 heteroatoms. The van der Waals surface area contributed by atoms with Gasteiger partial charge < -0.3 is 4.90 Å². The summed E-state index contributed by atoms with van der Waals surface area (Å²) >= 11 is 0. The SMILES string of the molecule is O=C([C@H]1CC=CCC1)N1CCC(c2cc3ccccc3cn2)CC1. The summed E-state index contributed by atoms with van der Waals surface area (Å²) in [5.74, 6) is 1.06. The van der Waals surface area contributed by atoms with Gasteiger partial charge in [0.1, 0.15) is 0 Å². The van der Waals surface area contributed by atoms with Crippen molar-refractivity contribution >= 4 is 16.7 Å². The van der Waals surface area contributed by atoms with Crippen LogP contribution in [-0.4, -0.2) is 28.9 Å². The number of rotatable bonds is 2. The summed E-state index contributed by atoms with van der Waals surface area (Å²) in [5, 5.41) is 2.45. The number of pyridine rings is 1. The van der Waals surface area contributed by atoms with Crippen molar-refractivity contribution in [3.05, 3.63) is 54.4 Å². The van der Waals surface area contributed by atoms with E-state index in [0.717, 1.165) is 45.2 Å². The molecule has 4 rings (SSSR count). The molecule has 1 fully saturated rings. The van der Waals surface area contributed by atoms with Crippen molar-refractivity contribution < 1.29 is 4.79 Å². The highest BCUT2D eigenvalue weighted by Crippen LogP contribution is 2.30. The molecule has 1 amide bonds. The Morgan fingerprint density at radius 3 is 2.58 bits per heavy atom. The van der Waals surface area contributed by atoms with Gasteiger partial charge in [-0.2, -0.15) is 0 Å². The maximum absolute atomic E-state index is 12.6. The minimum atomic E-state index is 0.213. The van der Waals surface area contributed by atoms with Crippen molar-refractivity contribution in [2.45, 2.75) is 38.0 Å². The normalized spacial score (nSPS) is 22.0. The van der Waals surface area contributed by atoms with Gasteiger partial charge in [-0.3, -0.25) is 9.78 Å². The van der Waals surface area contributed by atoms with Crippen LogP contribution in [0.25, 0.3) is 10.8 Å². The smallest absolute Gasteiger partial charge is 0.226 e. The number of aromatic nitrogens is 1. The number of benzene rings is 1. The van der Waals surface area contributed by atoms with Gasteiger partial charge in [-0.25, -0.2) is 0 Å². The van der Waals surface area contributed by atoms with E-state index in [2.05, 4.69) is 46.3 Å². The minimum Gasteiger partial charge on any atom is -0.342 e. The number of likely N-dealkylation sites (tertiary alicyclic amines) is 1. The highest BCUT2D eigenvalue weighted by Gasteiger charge is 2.29. The predicted octanol–water partition coefficient (Wildman–Crippen LogP) is 4.30. The molecule has 124 valence electrons. The van der Waals surface area contributed by atoms with Gasteiger partial charge in [0.25, 0.3) is 0 Å². The summed E-state index contributed by atoms with van der Waals surface area (Å²) in [6.07, 6.45) is 11.4. The molecule has 1 aliphatic heterocycles. The first-order valence-electron chi connectivity index (χ1n) is 9.10. The molecule has 3 nitrogen and oxygen atoms in total. The van der Waals surface area contributed by atoms with Crippen molar-refractivity contribution in [1.29, 1.82) is 0 Å². The first-order valence-corrected chi connectivity index (χ1v) is 9.10. The lowest BCUT2D eigenvalue weighted by Gasteiger charge is -2.34. The second-order valence-corrected chi connectivity index (χ2v) is 7.04. The number of carbonyl (C=O) groups excluding carboxylic acids is 1. The Kier molecular flexibility index (Phi) is 4.33. The fraction of sp³-hybridized carbons (Fsp3) is 0.429. The van der Waals surface area contributed by atoms with Gasteiger partial charge in [0.15, 0.2) is 0 Å². The van der Waals surface area contributed by atoms with E-state index < -0.39 is 0 Å². The molecule has 2 heterocycles. The van der Waals surface area contributed by atoms with Crippen LogP contribution in [0.2, 0.25) is 0 Å². The first-order chi connectivity index (χ1) is 11.8. The van der Waals surface area contributed by atoms with E-state index >= 15 is 0 Å². The Labute approximate surface area is 143 Å². The number of piperidine rings is 1. The van der Waals surface area contributed by atoms with Crippen LogP contribution in [0.5, 0.6) is 0 Å². The van der Waals surface area contributed by atoms with E-state index in [4.69, 9.17) is 0 Å². The molecule has 0 radical (unpaired) electrons. The zero-order chi connectivity index (χ0) is 16.4. The minimum absolute atomic E-state index is 0.213. The Balaban J connectivity index is 1.41. The molecule has 1 aromatic heterocycles. The third-order valence-corrected chi connectivity index (χ3v) is 5.50. The summed E-state index contributed by atoms with van der Waals surface area (Å²) in [5.41, 5.74) is 1.18. The quantitative estimate of drug-likeness (QED) is 0.773. The van der Waals surface area contributed by atoms with E-state index in [1.54, 1.807) is 0 Å². The molecule has 0 spiro atoms. The van der Waals surface area contributed by atoms with Crippen molar-refractivity contribution in [2.24, 2.45) is 5.92 Å². The second kappa shape index (κ2) is 6.76. The summed E-state index contributed by atoms with van der Waals surface area (Å²) < 4.78 is 0. The van der Waals surface area contributed by atoms with Crippen LogP contribution in [0.3, 0.4) is 0 Å². The van der Waals surface area contributed by atoms with E-state index in [1.165, 1.54) is 16.5 Å². The lowest BCUT2D eigenvalue weighted by molar-refractivity contribution is -0.136. The molecule has 1 aliphatic carbocycles. The Morgan fingerprint density at radius 1 is 1.04 bits per heavy atom. The van der Waals surface area contributed by atoms with E-state index in [1.807, 2.05) is 12.3 Å². The predicted molar refractivity (Wildman–Crippen MR) is 96.8 cm³/mol. The zero-order valence-corrected chi connectivity index (χ0v) is 14.0. The van der Waals surface area contributed by atoms with Crippen LogP contribution in [0.15, 0.2) is 48.7 Å². The standard InChI is InChI=1S/C21H24N2O/c24-21(17-6-2-1-3-7-17)23-12-10-16(11-13-23)20-14-18-8-4-5-9-19(18)15-22-20/h1-2,4-5,8-9,14-17H,3,6-7,10-13H2/t17-/m0/s1. The van der Waals surface area contributed by atoms with Crippen LogP contribution < -0.4 is 0 Å². The maximum atomic E-state index is 12.6. The monoisotopic (exact) mass is 320 g/mol. The second-order valence-electron chi connectivity index (χ2n) is 7.04. The molecule has 24 heavy (non-hydrogen) atoms. The molecule has 1 aromatic carbocycles. The van der Waals surface area contributed by atoms with E-state index in [-0.39, 0.29) is 5.92 Å². The molecule has 0 saturated carbocycles. The molecule has 1 atom stereocenters. The van der Waals surface area contributed by atoms with Crippen molar-refractivity contribution in [3.63, 3.8) is 0 Å². The highest BCUT2D eigenvalue weighted by atomic mass is 16.2. The Hall–Kier alpha value is -2.16. The van der Waals surface area contributed by atoms with Crippen LogP contribution in [0.1, 0.15) is 43.7 Å². The molecule has 0 unspecified atom stereocenters. The average molecular weight is 320 g/mol. The van der Waals surface area contributed by atoms with Gasteiger partial charge in [0, 0.05) is 42.2 Å². The first kappa shape index (κ1) is 15.4. The fourth-order valence-electron chi connectivity index (χ4n) is 4.00. The average Bonchev–Trinajstić information content (AvgIpc) is 2.68. The lowest BCUT2D eigenvalue weighted by Crippen LogP contribution is -2.41. The van der Waals surface area contributed by atoms with Gasteiger partial charge in [0.05, 0.1) is 0 Å². The van der Waals surface area contributed by atoms with Crippen molar-refractivity contribution in [3.8, 4) is 0 Å². The summed E-state index contributed by atoms with van der Waals surface area (Å²) in [4.78, 5) is 19.4. The highest BCUT2D eigenvalue weighted by molar-refractivity contribution is 5.82. The molecular formula is C21H24N2O. The Morgan fingerprint density at radius 2 is 1.83 bits per heavy atom. The van der Waals surface area contributed by atoms with E-state index in [9.17, 15) is 4.79 Å². The number of hydrogen-bond acceptors (Lipinski definition) is 2. The van der Waals surface area contributed by atoms with Crippen molar-refractivity contribution in [1.82, 2.24) is 9.88 Å². The number of fused-ring (bicyclic) bond motifs is 1. The summed E-state index contributed by atoms with van der Waals surface area (Å²) in [6, 6.07) is 10.6. The molecule has 2 aliphatic rings. The van der Waals surface area contributed by atoms with Crippen LogP contribution in [0.4, 0.5) is 0 Å². The molecular weight excluding hydrogens is 296 g/mol. The summed E-state index contributed by atoms with van der Waals surface area (Å²) in [6.45, 7) is 1.75. The van der Waals surface area contributed by atoms with Gasteiger partial charge in [-0.05, 0) is 43.6 Å². The molecule has 0 N–H and O–H groups in total. The van der Waals surface area contributed by atoms with Crippen LogP contribution >= 0.6 is 0 Å². The topological polar surface area (TPSA) is 33.2 Å². The number of amides is 1. The third kappa shape index (κ3) is 3.08. The van der Waals surface area contributed by atoms with Crippen molar-refractivity contribution in [2.75, 3.05) is 13.1 Å². The zero-order valence-electron chi connectivity index (χ0n) is 14.0. The number of nitrogens with zero attached hydrogens (tertiary/aromatic N) is 2. The van der Waals surface area contributed by atoms with Crippen LogP contribution in [0, 0.1) is 5.92 Å². The van der Waals surface area contributed by atoms with Crippen LogP contribution in [-0.2, 0) is 4.79 Å². The third-order valence-electron chi connectivity index (χ3n) is 5.50. The van der Waals surface area contributed by atoms with Gasteiger partial charge in [-0.15, -0.1) is 0 Å². The summed E-state index contributed by atoms with van der Waals surface area (Å²) in [7, 11) is 0. The number of allylic oxidation sites excluding steroid dienone is 2. The van der Waals surface area contributed by atoms with Gasteiger partial charge >= 0.3 is 0 Å². The largest absolute Gasteiger partial charge is 0.342 e.